The standard InChI is InChI=1S/C24H29N5O5S/c1-27(20-10-12-28(13-11-20)15-18-4-3-5-22(14-18)33-2)24(30)29-16-23(26-17-29)19-6-8-21(9-7-19)34-35(25,31)32/h3-9,14,16-17,20H,10-13,15H2,1-2H3,(H2,25,31,32). The topological polar surface area (TPSA) is 120 Å². The van der Waals surface area contributed by atoms with Gasteiger partial charge in [-0.2, -0.15) is 13.6 Å². The van der Waals surface area contributed by atoms with Crippen molar-refractivity contribution in [1.82, 2.24) is 19.4 Å². The van der Waals surface area contributed by atoms with Crippen LogP contribution in [-0.4, -0.2) is 67.1 Å². The number of imidazole rings is 1. The number of likely N-dealkylation sites (tertiary alicyclic amines) is 1. The van der Waals surface area contributed by atoms with Gasteiger partial charge < -0.3 is 13.8 Å². The normalized spacial score (nSPS) is 15.1. The number of carbonyl (C=O) groups excluding carboxylic acids is 1. The van der Waals surface area contributed by atoms with Gasteiger partial charge in [0.25, 0.3) is 0 Å². The van der Waals surface area contributed by atoms with Gasteiger partial charge in [-0.05, 0) is 54.8 Å². The molecule has 0 aliphatic carbocycles. The second-order valence-electron chi connectivity index (χ2n) is 8.52. The van der Waals surface area contributed by atoms with Crippen LogP contribution >= 0.6 is 0 Å². The number of piperidine rings is 1. The van der Waals surface area contributed by atoms with E-state index >= 15 is 0 Å². The van der Waals surface area contributed by atoms with Crippen LogP contribution in [0.15, 0.2) is 61.1 Å². The van der Waals surface area contributed by atoms with Crippen LogP contribution in [0.1, 0.15) is 18.4 Å². The SMILES string of the molecule is COc1cccc(CN2CCC(N(C)C(=O)n3cnc(-c4ccc(OS(N)(=O)=O)cc4)c3)CC2)c1. The smallest absolute Gasteiger partial charge is 0.380 e. The van der Waals surface area contributed by atoms with Gasteiger partial charge in [0.1, 0.15) is 17.8 Å². The van der Waals surface area contributed by atoms with Crippen molar-refractivity contribution in [2.24, 2.45) is 5.14 Å². The van der Waals surface area contributed by atoms with E-state index < -0.39 is 10.3 Å². The molecule has 2 N–H and O–H groups in total. The average molecular weight is 500 g/mol. The van der Waals surface area contributed by atoms with Crippen molar-refractivity contribution in [2.75, 3.05) is 27.2 Å². The summed E-state index contributed by atoms with van der Waals surface area (Å²) in [5, 5.41) is 4.88. The van der Waals surface area contributed by atoms with Crippen LogP contribution in [0.3, 0.4) is 0 Å². The van der Waals surface area contributed by atoms with Crippen molar-refractivity contribution in [1.29, 1.82) is 0 Å². The first-order chi connectivity index (χ1) is 16.7. The maximum absolute atomic E-state index is 13.1. The summed E-state index contributed by atoms with van der Waals surface area (Å²) in [6.07, 6.45) is 4.92. The van der Waals surface area contributed by atoms with Crippen LogP contribution in [0, 0.1) is 0 Å². The Bertz CT molecular complexity index is 1270. The minimum atomic E-state index is -4.08. The van der Waals surface area contributed by atoms with E-state index in [1.165, 1.54) is 28.6 Å². The van der Waals surface area contributed by atoms with E-state index in [0.717, 1.165) is 38.2 Å². The molecular formula is C24H29N5O5S. The van der Waals surface area contributed by atoms with Crippen LogP contribution in [0.5, 0.6) is 11.5 Å². The van der Waals surface area contributed by atoms with E-state index in [1.54, 1.807) is 30.3 Å². The summed E-state index contributed by atoms with van der Waals surface area (Å²) in [6.45, 7) is 2.66. The van der Waals surface area contributed by atoms with Crippen molar-refractivity contribution in [3.05, 3.63) is 66.6 Å². The van der Waals surface area contributed by atoms with E-state index in [9.17, 15) is 13.2 Å². The van der Waals surface area contributed by atoms with Gasteiger partial charge in [0.05, 0.1) is 12.8 Å². The van der Waals surface area contributed by atoms with Crippen molar-refractivity contribution in [3.63, 3.8) is 0 Å². The molecule has 0 saturated carbocycles. The number of nitrogens with zero attached hydrogens (tertiary/aromatic N) is 4. The van der Waals surface area contributed by atoms with Gasteiger partial charge >= 0.3 is 16.3 Å². The Hall–Kier alpha value is -3.41. The fraction of sp³-hybridized carbons (Fsp3) is 0.333. The Labute approximate surface area is 205 Å². The number of nitrogens with two attached hydrogens (primary N) is 1. The quantitative estimate of drug-likeness (QED) is 0.531. The molecule has 2 heterocycles. The lowest BCUT2D eigenvalue weighted by molar-refractivity contribution is 0.132. The summed E-state index contributed by atoms with van der Waals surface area (Å²) in [5.41, 5.74) is 2.51. The molecule has 186 valence electrons. The molecule has 1 aliphatic rings. The molecule has 0 radical (unpaired) electrons. The number of aromatic nitrogens is 2. The summed E-state index contributed by atoms with van der Waals surface area (Å²) < 4.78 is 33.5. The van der Waals surface area contributed by atoms with E-state index in [-0.39, 0.29) is 17.8 Å². The summed E-state index contributed by atoms with van der Waals surface area (Å²) >= 11 is 0. The molecule has 1 amide bonds. The largest absolute Gasteiger partial charge is 0.497 e. The molecule has 0 bridgehead atoms. The number of hydrogen-bond acceptors (Lipinski definition) is 7. The lowest BCUT2D eigenvalue weighted by Crippen LogP contribution is -2.46. The Balaban J connectivity index is 1.33. The fourth-order valence-electron chi connectivity index (χ4n) is 4.22. The monoisotopic (exact) mass is 499 g/mol. The predicted molar refractivity (Wildman–Crippen MR) is 131 cm³/mol. The van der Waals surface area contributed by atoms with Crippen molar-refractivity contribution in [3.8, 4) is 22.8 Å². The molecule has 1 saturated heterocycles. The molecular weight excluding hydrogens is 470 g/mol. The Morgan fingerprint density at radius 3 is 2.51 bits per heavy atom. The van der Waals surface area contributed by atoms with Gasteiger partial charge in [-0.3, -0.25) is 9.47 Å². The van der Waals surface area contributed by atoms with E-state index in [0.29, 0.717) is 11.3 Å². The van der Waals surface area contributed by atoms with E-state index in [4.69, 9.17) is 9.88 Å². The Kier molecular flexibility index (Phi) is 7.39. The van der Waals surface area contributed by atoms with Crippen LogP contribution in [-0.2, 0) is 16.8 Å². The number of hydrogen-bond donors (Lipinski definition) is 1. The third-order valence-electron chi connectivity index (χ3n) is 6.11. The summed E-state index contributed by atoms with van der Waals surface area (Å²) in [4.78, 5) is 21.6. The summed E-state index contributed by atoms with van der Waals surface area (Å²) in [6, 6.07) is 14.3. The number of carbonyl (C=O) groups is 1. The highest BCUT2D eigenvalue weighted by molar-refractivity contribution is 7.84. The zero-order valence-electron chi connectivity index (χ0n) is 19.7. The first kappa shape index (κ1) is 24.7. The molecule has 1 aliphatic heterocycles. The van der Waals surface area contributed by atoms with Crippen molar-refractivity contribution in [2.45, 2.75) is 25.4 Å². The van der Waals surface area contributed by atoms with Gasteiger partial charge in [0.2, 0.25) is 0 Å². The second kappa shape index (κ2) is 10.5. The zero-order valence-corrected chi connectivity index (χ0v) is 20.5. The van der Waals surface area contributed by atoms with Gasteiger partial charge in [0, 0.05) is 44.5 Å². The van der Waals surface area contributed by atoms with Gasteiger partial charge in [-0.15, -0.1) is 0 Å². The maximum atomic E-state index is 13.1. The minimum Gasteiger partial charge on any atom is -0.497 e. The van der Waals surface area contributed by atoms with Crippen LogP contribution in [0.25, 0.3) is 11.3 Å². The Morgan fingerprint density at radius 1 is 1.14 bits per heavy atom. The molecule has 3 aromatic rings. The lowest BCUT2D eigenvalue weighted by Gasteiger charge is -2.36. The highest BCUT2D eigenvalue weighted by Gasteiger charge is 2.26. The van der Waals surface area contributed by atoms with E-state index in [2.05, 4.69) is 26.2 Å². The molecule has 1 aromatic heterocycles. The first-order valence-corrected chi connectivity index (χ1v) is 12.7. The molecule has 0 spiro atoms. The third kappa shape index (κ3) is 6.38. The predicted octanol–water partition coefficient (Wildman–Crippen LogP) is 2.71. The number of methoxy groups -OCH3 is 1. The lowest BCUT2D eigenvalue weighted by atomic mass is 10.0. The molecule has 2 aromatic carbocycles. The average Bonchev–Trinajstić information content (AvgIpc) is 3.33. The number of ether oxygens (including phenoxy) is 1. The molecule has 35 heavy (non-hydrogen) atoms. The minimum absolute atomic E-state index is 0.101. The third-order valence-corrected chi connectivity index (χ3v) is 6.54. The highest BCUT2D eigenvalue weighted by atomic mass is 32.2. The van der Waals surface area contributed by atoms with E-state index in [1.807, 2.05) is 19.2 Å². The van der Waals surface area contributed by atoms with Crippen molar-refractivity contribution >= 4 is 16.3 Å². The number of benzene rings is 2. The summed E-state index contributed by atoms with van der Waals surface area (Å²) in [5.74, 6) is 0.958. The van der Waals surface area contributed by atoms with Gasteiger partial charge in [-0.1, -0.05) is 12.1 Å². The highest BCUT2D eigenvalue weighted by Crippen LogP contribution is 2.23. The molecule has 4 rings (SSSR count). The van der Waals surface area contributed by atoms with Crippen LogP contribution < -0.4 is 14.1 Å². The molecule has 10 nitrogen and oxygen atoms in total. The molecule has 11 heteroatoms. The van der Waals surface area contributed by atoms with Crippen molar-refractivity contribution < 1.29 is 22.1 Å². The molecule has 1 fully saturated rings. The molecule has 0 unspecified atom stereocenters. The summed E-state index contributed by atoms with van der Waals surface area (Å²) in [7, 11) is -0.590. The van der Waals surface area contributed by atoms with Gasteiger partial charge in [0.15, 0.2) is 0 Å². The first-order valence-electron chi connectivity index (χ1n) is 11.2. The Morgan fingerprint density at radius 2 is 1.86 bits per heavy atom. The van der Waals surface area contributed by atoms with Crippen LogP contribution in [0.2, 0.25) is 0 Å². The van der Waals surface area contributed by atoms with Gasteiger partial charge in [-0.25, -0.2) is 9.78 Å². The van der Waals surface area contributed by atoms with Crippen LogP contribution in [0.4, 0.5) is 4.79 Å². The number of amides is 1. The number of rotatable bonds is 7. The maximum Gasteiger partial charge on any atom is 0.380 e. The second-order valence-corrected chi connectivity index (χ2v) is 9.67. The fourth-order valence-corrected chi connectivity index (χ4v) is 4.60. The zero-order chi connectivity index (χ0) is 25.0. The molecule has 0 atom stereocenters.